The zero-order valence-electron chi connectivity index (χ0n) is 17.5. The van der Waals surface area contributed by atoms with Crippen molar-refractivity contribution in [3.05, 3.63) is 50.7 Å². The molecule has 0 saturated carbocycles. The van der Waals surface area contributed by atoms with Gasteiger partial charge >= 0.3 is 5.69 Å². The van der Waals surface area contributed by atoms with Gasteiger partial charge in [-0.05, 0) is 24.0 Å². The van der Waals surface area contributed by atoms with Crippen molar-refractivity contribution in [1.82, 2.24) is 9.55 Å². The maximum Gasteiger partial charge on any atom is 0.330 e. The van der Waals surface area contributed by atoms with Gasteiger partial charge in [-0.25, -0.2) is 13.6 Å². The minimum Gasteiger partial charge on any atom is -0.383 e. The summed E-state index contributed by atoms with van der Waals surface area (Å²) in [6.45, 7) is 7.92. The molecule has 0 spiro atoms. The van der Waals surface area contributed by atoms with E-state index in [1.165, 1.54) is 15.5 Å². The van der Waals surface area contributed by atoms with E-state index >= 15 is 0 Å². The van der Waals surface area contributed by atoms with Gasteiger partial charge in [-0.1, -0.05) is 27.7 Å². The first-order valence-electron chi connectivity index (χ1n) is 9.62. The molecule has 1 amide bonds. The van der Waals surface area contributed by atoms with Crippen LogP contribution in [0.15, 0.2) is 27.8 Å². The lowest BCUT2D eigenvalue weighted by Crippen LogP contribution is -2.43. The van der Waals surface area contributed by atoms with Crippen LogP contribution in [0.1, 0.15) is 27.7 Å². The van der Waals surface area contributed by atoms with Crippen molar-refractivity contribution < 1.29 is 13.6 Å². The molecule has 0 saturated heterocycles. The number of carbonyl (C=O) groups is 1. The quantitative estimate of drug-likeness (QED) is 0.602. The van der Waals surface area contributed by atoms with Crippen molar-refractivity contribution in [3.8, 4) is 0 Å². The summed E-state index contributed by atoms with van der Waals surface area (Å²) < 4.78 is 27.7. The number of H-pyrrole nitrogens is 1. The first-order chi connectivity index (χ1) is 14.0. The van der Waals surface area contributed by atoms with Crippen molar-refractivity contribution in [2.45, 2.75) is 34.2 Å². The highest BCUT2D eigenvalue weighted by Crippen LogP contribution is 2.19. The fourth-order valence-electron chi connectivity index (χ4n) is 3.05. The number of amides is 1. The molecule has 164 valence electrons. The Morgan fingerprint density at radius 3 is 2.40 bits per heavy atom. The van der Waals surface area contributed by atoms with Gasteiger partial charge in [-0.3, -0.25) is 19.1 Å². The van der Waals surface area contributed by atoms with Gasteiger partial charge < -0.3 is 16.0 Å². The zero-order chi connectivity index (χ0) is 22.6. The molecule has 1 aromatic carbocycles. The van der Waals surface area contributed by atoms with Crippen LogP contribution < -0.4 is 27.2 Å². The van der Waals surface area contributed by atoms with E-state index in [1.54, 1.807) is 0 Å². The van der Waals surface area contributed by atoms with Gasteiger partial charge in [0.2, 0.25) is 5.91 Å². The monoisotopic (exact) mass is 423 g/mol. The molecule has 0 radical (unpaired) electrons. The Labute approximate surface area is 172 Å². The van der Waals surface area contributed by atoms with Crippen LogP contribution in [0.5, 0.6) is 0 Å². The number of nitrogens with zero attached hydrogens (tertiary/aromatic N) is 2. The topological polar surface area (TPSA) is 113 Å². The molecular formula is C20H27F2N5O3. The molecule has 0 aliphatic carbocycles. The maximum absolute atomic E-state index is 13.4. The molecule has 1 heterocycles. The summed E-state index contributed by atoms with van der Waals surface area (Å²) >= 11 is 0. The van der Waals surface area contributed by atoms with Crippen LogP contribution in [0.4, 0.5) is 26.0 Å². The minimum atomic E-state index is -1.09. The van der Waals surface area contributed by atoms with E-state index in [0.717, 1.165) is 12.1 Å². The third kappa shape index (κ3) is 5.68. The van der Waals surface area contributed by atoms with Gasteiger partial charge in [0.25, 0.3) is 5.56 Å². The summed E-state index contributed by atoms with van der Waals surface area (Å²) in [7, 11) is 0. The van der Waals surface area contributed by atoms with Crippen molar-refractivity contribution in [3.63, 3.8) is 0 Å². The second-order valence-electron chi connectivity index (χ2n) is 7.95. The van der Waals surface area contributed by atoms with E-state index in [2.05, 4.69) is 10.3 Å². The summed E-state index contributed by atoms with van der Waals surface area (Å²) in [5, 5.41) is 2.47. The van der Waals surface area contributed by atoms with Gasteiger partial charge in [-0.15, -0.1) is 0 Å². The van der Waals surface area contributed by atoms with E-state index in [4.69, 9.17) is 5.73 Å². The minimum absolute atomic E-state index is 0.0180. The Morgan fingerprint density at radius 2 is 1.83 bits per heavy atom. The van der Waals surface area contributed by atoms with E-state index in [-0.39, 0.29) is 35.6 Å². The van der Waals surface area contributed by atoms with Crippen LogP contribution in [0.2, 0.25) is 0 Å². The molecule has 0 fully saturated rings. The first kappa shape index (κ1) is 23.1. The summed E-state index contributed by atoms with van der Waals surface area (Å²) in [5.74, 6) is -2.54. The molecule has 2 aromatic rings. The first-order valence-corrected chi connectivity index (χ1v) is 9.62. The number of halogens is 2. The number of hydrogen-bond donors (Lipinski definition) is 3. The number of benzene rings is 1. The molecule has 4 N–H and O–H groups in total. The molecule has 0 atom stereocenters. The third-order valence-corrected chi connectivity index (χ3v) is 4.20. The van der Waals surface area contributed by atoms with E-state index < -0.39 is 28.8 Å². The van der Waals surface area contributed by atoms with Crippen molar-refractivity contribution in [2.24, 2.45) is 11.8 Å². The van der Waals surface area contributed by atoms with Gasteiger partial charge in [-0.2, -0.15) is 0 Å². The van der Waals surface area contributed by atoms with Crippen LogP contribution in [-0.4, -0.2) is 28.5 Å². The van der Waals surface area contributed by atoms with Crippen molar-refractivity contribution >= 4 is 23.1 Å². The van der Waals surface area contributed by atoms with Gasteiger partial charge in [0.1, 0.15) is 11.5 Å². The number of nitrogens with two attached hydrogens (primary N) is 1. The molecule has 0 bridgehead atoms. The summed E-state index contributed by atoms with van der Waals surface area (Å²) in [6, 6.07) is 3.00. The summed E-state index contributed by atoms with van der Waals surface area (Å²) in [5.41, 5.74) is 4.93. The van der Waals surface area contributed by atoms with Crippen LogP contribution in [0, 0.1) is 23.5 Å². The number of rotatable bonds is 8. The van der Waals surface area contributed by atoms with Crippen molar-refractivity contribution in [1.29, 1.82) is 0 Å². The maximum atomic E-state index is 13.4. The van der Waals surface area contributed by atoms with Crippen LogP contribution in [0.25, 0.3) is 0 Å². The fraction of sp³-hybridized carbons (Fsp3) is 0.450. The molecule has 8 nitrogen and oxygen atoms in total. The average molecular weight is 423 g/mol. The number of aromatic nitrogens is 2. The van der Waals surface area contributed by atoms with Gasteiger partial charge in [0.15, 0.2) is 11.6 Å². The molecule has 0 aliphatic rings. The Morgan fingerprint density at radius 1 is 1.17 bits per heavy atom. The zero-order valence-corrected chi connectivity index (χ0v) is 17.5. The van der Waals surface area contributed by atoms with Gasteiger partial charge in [0, 0.05) is 24.8 Å². The SMILES string of the molecule is CC(C)CN(CC(=O)Nc1ccc(F)c(F)c1)c1c(N)n(CC(C)C)c(=O)[nH]c1=O. The predicted octanol–water partition coefficient (Wildman–Crippen LogP) is 2.15. The fourth-order valence-corrected chi connectivity index (χ4v) is 3.05. The summed E-state index contributed by atoms with van der Waals surface area (Å²) in [4.78, 5) is 41.0. The second-order valence-corrected chi connectivity index (χ2v) is 7.95. The van der Waals surface area contributed by atoms with Crippen LogP contribution in [0.3, 0.4) is 0 Å². The molecule has 2 rings (SSSR count). The van der Waals surface area contributed by atoms with E-state index in [0.29, 0.717) is 13.1 Å². The Balaban J connectivity index is 2.37. The average Bonchev–Trinajstić information content (AvgIpc) is 2.60. The number of nitrogen functional groups attached to an aromatic ring is 1. The number of aromatic amines is 1. The Bertz CT molecular complexity index is 1030. The Kier molecular flexibility index (Phi) is 7.36. The summed E-state index contributed by atoms with van der Waals surface area (Å²) in [6.07, 6.45) is 0. The number of hydrogen-bond acceptors (Lipinski definition) is 5. The number of carbonyl (C=O) groups excluding carboxylic acids is 1. The lowest BCUT2D eigenvalue weighted by Gasteiger charge is -2.27. The predicted molar refractivity (Wildman–Crippen MR) is 113 cm³/mol. The largest absolute Gasteiger partial charge is 0.383 e. The smallest absolute Gasteiger partial charge is 0.330 e. The molecule has 0 unspecified atom stereocenters. The standard InChI is InChI=1S/C20H27F2N5O3/c1-11(2)8-26(10-16(28)24-13-5-6-14(21)15(22)7-13)17-18(23)27(9-12(3)4)20(30)25-19(17)29/h5-7,11-12H,8-10,23H2,1-4H3,(H,24,28)(H,25,29,30). The molecule has 30 heavy (non-hydrogen) atoms. The number of nitrogens with one attached hydrogen (secondary N) is 2. The van der Waals surface area contributed by atoms with Crippen LogP contribution >= 0.6 is 0 Å². The lowest BCUT2D eigenvalue weighted by molar-refractivity contribution is -0.115. The van der Waals surface area contributed by atoms with Gasteiger partial charge in [0.05, 0.1) is 6.54 Å². The molecule has 1 aromatic heterocycles. The molecule has 10 heteroatoms. The molecule has 0 aliphatic heterocycles. The number of anilines is 3. The second kappa shape index (κ2) is 9.55. The molecular weight excluding hydrogens is 396 g/mol. The lowest BCUT2D eigenvalue weighted by atomic mass is 10.2. The highest BCUT2D eigenvalue weighted by molar-refractivity contribution is 5.94. The third-order valence-electron chi connectivity index (χ3n) is 4.20. The van der Waals surface area contributed by atoms with Crippen LogP contribution in [-0.2, 0) is 11.3 Å². The highest BCUT2D eigenvalue weighted by Gasteiger charge is 2.22. The van der Waals surface area contributed by atoms with E-state index in [1.807, 2.05) is 27.7 Å². The Hall–Kier alpha value is -3.17. The van der Waals surface area contributed by atoms with Crippen molar-refractivity contribution in [2.75, 3.05) is 29.0 Å². The normalized spacial score (nSPS) is 11.2. The highest BCUT2D eigenvalue weighted by atomic mass is 19.2. The van der Waals surface area contributed by atoms with E-state index in [9.17, 15) is 23.2 Å².